The zero-order valence-corrected chi connectivity index (χ0v) is 72.4. The normalized spacial score (nSPS) is 15.2. The van der Waals surface area contributed by atoms with E-state index < -0.39 is 71.8 Å². The van der Waals surface area contributed by atoms with Gasteiger partial charge in [0.05, 0.1) is 39.5 Å². The molecule has 0 spiro atoms. The lowest BCUT2D eigenvalue weighted by molar-refractivity contribution is -0.136. The maximum atomic E-state index is 14.4. The minimum atomic E-state index is -1.18. The number of amides is 5. The lowest BCUT2D eigenvalue weighted by atomic mass is 9.83. The van der Waals surface area contributed by atoms with Crippen LogP contribution in [0.4, 0.5) is 20.1 Å². The molecule has 6 atom stereocenters. The molecule has 8 rings (SSSR count). The Hall–Kier alpha value is -9.33. The van der Waals surface area contributed by atoms with Crippen LogP contribution >= 0.6 is 33.2 Å². The van der Waals surface area contributed by atoms with Gasteiger partial charge in [-0.1, -0.05) is 185 Å². The molecule has 0 bridgehead atoms. The molecule has 4 N–H and O–H groups in total. The number of carbonyl (C=O) groups excluding carboxylic acids is 7. The Morgan fingerprint density at radius 2 is 1.28 bits per heavy atom. The number of fused-ring (bicyclic) bond motifs is 4. The molecule has 23 nitrogen and oxygen atoms in total. The summed E-state index contributed by atoms with van der Waals surface area (Å²) in [6.45, 7) is 20.4. The molecule has 2 aliphatic rings. The van der Waals surface area contributed by atoms with Crippen LogP contribution in [-0.2, 0) is 70.6 Å². The fraction of sp³-hybridized carbons (Fsp3) is 0.511. The Morgan fingerprint density at radius 1 is 0.638 bits per heavy atom. The van der Waals surface area contributed by atoms with Crippen LogP contribution in [0.3, 0.4) is 0 Å². The zero-order chi connectivity index (χ0) is 84.2. The molecular formula is C90H118ClN5O18S2. The predicted molar refractivity (Wildman–Crippen MR) is 456 cm³/mol. The Bertz CT molecular complexity index is 4380. The van der Waals surface area contributed by atoms with Crippen molar-refractivity contribution in [3.8, 4) is 45.6 Å². The highest BCUT2D eigenvalue weighted by Gasteiger charge is 2.38. The largest absolute Gasteiger partial charge is 0.509 e. The number of esters is 1. The third-order valence-corrected chi connectivity index (χ3v) is 24.5. The van der Waals surface area contributed by atoms with E-state index in [4.69, 9.17) is 59.0 Å². The molecule has 0 saturated heterocycles. The van der Waals surface area contributed by atoms with Crippen molar-refractivity contribution >= 4 is 80.9 Å². The molecule has 0 radical (unpaired) electrons. The number of hydrogen-bond acceptors (Lipinski definition) is 20. The van der Waals surface area contributed by atoms with Crippen LogP contribution in [0.25, 0.3) is 11.1 Å². The van der Waals surface area contributed by atoms with Crippen LogP contribution in [0.5, 0.6) is 34.5 Å². The monoisotopic (exact) mass is 1660 g/mol. The molecule has 1 heterocycles. The van der Waals surface area contributed by atoms with Gasteiger partial charge < -0.3 is 73.5 Å². The molecule has 0 fully saturated rings. The standard InChI is InChI=1S/C90H118ClN5O18S2/c1-56(2)27-24-28-57(3)29-25-30-58(4)31-26-46-90(10)47-45-66-61(7)79(59(5)60(6)80(66)113-90)112-76(99)54-115-116-55-89(8,9)114-86(102)92-48-23-22-36-70(94-85(101)71(49-62-32-18-16-19-33-62)95-87(103)109-51-63-34-20-17-21-35-63)84(100)93-65-39-37-64(38-40-65)52-110-88(104)111-53-75(98)96(11)72-43-41-68-77(67-42-44-74(105-12)73(97)50-69(67)72)81(106-13)83(108-15)82(107-14)78(68)91/h16-21,32-35,37-40,42,44,50,56-58,70-72H,22-31,36,41,43,45-49,51-55H2,1-15H3,(H,92,102)(H,93,100)(H,94,101)(H,95,103)/t57-,58-,70+,71+,72+,90-/m1/s1. The summed E-state index contributed by atoms with van der Waals surface area (Å²) < 4.78 is 57.7. The van der Waals surface area contributed by atoms with Crippen molar-refractivity contribution < 1.29 is 80.9 Å². The number of hydrogen-bond donors (Lipinski definition) is 4. The van der Waals surface area contributed by atoms with Gasteiger partial charge >= 0.3 is 24.3 Å². The lowest BCUT2D eigenvalue weighted by Gasteiger charge is -2.38. The van der Waals surface area contributed by atoms with Crippen LogP contribution in [-0.4, -0.2) is 130 Å². The summed E-state index contributed by atoms with van der Waals surface area (Å²) in [5, 5.41) is 11.5. The molecule has 116 heavy (non-hydrogen) atoms. The summed E-state index contributed by atoms with van der Waals surface area (Å²) in [6, 6.07) is 26.0. The van der Waals surface area contributed by atoms with E-state index in [0.29, 0.717) is 75.9 Å². The summed E-state index contributed by atoms with van der Waals surface area (Å²) in [7, 11) is 10.00. The number of rotatable bonds is 42. The third kappa shape index (κ3) is 26.9. The minimum absolute atomic E-state index is 0.0511. The quantitative estimate of drug-likeness (QED) is 0.00911. The van der Waals surface area contributed by atoms with Crippen LogP contribution < -0.4 is 55.1 Å². The van der Waals surface area contributed by atoms with Gasteiger partial charge in [0.25, 0.3) is 5.91 Å². The van der Waals surface area contributed by atoms with Gasteiger partial charge in [0.15, 0.2) is 23.9 Å². The maximum absolute atomic E-state index is 14.4. The van der Waals surface area contributed by atoms with E-state index in [1.165, 1.54) is 119 Å². The van der Waals surface area contributed by atoms with E-state index in [1.807, 2.05) is 69.3 Å². The number of carbonyl (C=O) groups is 7. The molecule has 0 unspecified atom stereocenters. The van der Waals surface area contributed by atoms with Crippen LogP contribution in [0.15, 0.2) is 108 Å². The number of methoxy groups -OCH3 is 4. The van der Waals surface area contributed by atoms with Crippen molar-refractivity contribution in [2.75, 3.05) is 65.5 Å². The summed E-state index contributed by atoms with van der Waals surface area (Å²) in [4.78, 5) is 111. The topological polar surface area (TPSA) is 280 Å². The first-order valence-corrected chi connectivity index (χ1v) is 43.1. The zero-order valence-electron chi connectivity index (χ0n) is 70.0. The number of alkyl carbamates (subject to hydrolysis) is 2. The van der Waals surface area contributed by atoms with Crippen molar-refractivity contribution in [3.05, 3.63) is 168 Å². The van der Waals surface area contributed by atoms with Crippen molar-refractivity contribution in [1.29, 1.82) is 0 Å². The second-order valence-corrected chi connectivity index (χ2v) is 34.5. The maximum Gasteiger partial charge on any atom is 0.509 e. The van der Waals surface area contributed by atoms with Gasteiger partial charge in [-0.2, -0.15) is 0 Å². The SMILES string of the molecule is COc1c(Cl)c2c(c(OC)c1OC)-c1ccc(OC)c(=O)cc1[C@@H](N(C)C(=O)COC(=O)OCc1ccc(NC(=O)[C@H](CCCCNC(=O)OC(C)(C)CSSCC(=O)Oc3c(C)c(C)c4c(c3C)CC[C@@](C)(CCC[C@H](C)CCC[C@H](C)CCCC(C)C)O4)NC(=O)[C@H](Cc3ccccc3)NC(=O)OCc3ccccc3)cc1)CC2. The van der Waals surface area contributed by atoms with Crippen molar-refractivity contribution in [1.82, 2.24) is 20.9 Å². The van der Waals surface area contributed by atoms with Gasteiger partial charge in [-0.05, 0) is 191 Å². The van der Waals surface area contributed by atoms with E-state index in [9.17, 15) is 38.4 Å². The van der Waals surface area contributed by atoms with E-state index in [-0.39, 0.29) is 78.6 Å². The van der Waals surface area contributed by atoms with Crippen LogP contribution in [0.2, 0.25) is 5.02 Å². The fourth-order valence-corrected chi connectivity index (χ4v) is 17.4. The summed E-state index contributed by atoms with van der Waals surface area (Å²) >= 11 is 7.00. The Morgan fingerprint density at radius 3 is 1.93 bits per heavy atom. The van der Waals surface area contributed by atoms with E-state index in [2.05, 4.69) is 55.9 Å². The first-order chi connectivity index (χ1) is 55.4. The molecule has 0 saturated carbocycles. The molecule has 1 aliphatic heterocycles. The van der Waals surface area contributed by atoms with Gasteiger partial charge in [-0.15, -0.1) is 0 Å². The highest BCUT2D eigenvalue weighted by atomic mass is 35.5. The van der Waals surface area contributed by atoms with Gasteiger partial charge in [0, 0.05) is 42.6 Å². The fourth-order valence-electron chi connectivity index (χ4n) is 14.7. The molecule has 6 aromatic carbocycles. The average Bonchev–Trinajstić information content (AvgIpc) is 1.59. The highest BCUT2D eigenvalue weighted by Crippen LogP contribution is 2.55. The Balaban J connectivity index is 0.818. The van der Waals surface area contributed by atoms with Crippen LogP contribution in [0, 0.1) is 38.5 Å². The molecule has 630 valence electrons. The third-order valence-electron chi connectivity index (χ3n) is 21.5. The van der Waals surface area contributed by atoms with Crippen LogP contribution in [0.1, 0.15) is 194 Å². The second-order valence-electron chi connectivity index (χ2n) is 31.6. The first-order valence-electron chi connectivity index (χ1n) is 40.2. The van der Waals surface area contributed by atoms with Gasteiger partial charge in [-0.3, -0.25) is 24.0 Å². The Labute approximate surface area is 696 Å². The molecule has 0 aromatic heterocycles. The predicted octanol–water partition coefficient (Wildman–Crippen LogP) is 18.3. The summed E-state index contributed by atoms with van der Waals surface area (Å²) in [6.07, 6.45) is 11.7. The number of anilines is 1. The summed E-state index contributed by atoms with van der Waals surface area (Å²) in [5.41, 5.74) is 6.69. The molecule has 26 heteroatoms. The second kappa shape index (κ2) is 44.8. The molecule has 1 aliphatic carbocycles. The smallest absolute Gasteiger partial charge is 0.493 e. The number of halogens is 1. The van der Waals surface area contributed by atoms with E-state index >= 15 is 0 Å². The number of unbranched alkanes of at least 4 members (excludes halogenated alkanes) is 1. The van der Waals surface area contributed by atoms with Gasteiger partial charge in [-0.25, -0.2) is 14.4 Å². The number of ether oxygens (including phenoxy) is 10. The van der Waals surface area contributed by atoms with E-state index in [0.717, 1.165) is 76.6 Å². The average molecular weight is 1660 g/mol. The number of likely N-dealkylation sites (N-methyl/N-ethyl adjacent to an activating group) is 1. The lowest BCUT2D eigenvalue weighted by Crippen LogP contribution is -2.53. The number of nitrogens with one attached hydrogen (secondary N) is 4. The minimum Gasteiger partial charge on any atom is -0.493 e. The van der Waals surface area contributed by atoms with Crippen molar-refractivity contribution in [2.45, 2.75) is 221 Å². The van der Waals surface area contributed by atoms with Crippen molar-refractivity contribution in [3.63, 3.8) is 0 Å². The Kier molecular flexibility index (Phi) is 35.6. The number of nitrogens with zero attached hydrogens (tertiary/aromatic N) is 1. The first kappa shape index (κ1) is 92.2. The summed E-state index contributed by atoms with van der Waals surface area (Å²) in [5.74, 6) is 2.79. The molecule has 5 amide bonds. The van der Waals surface area contributed by atoms with E-state index in [1.54, 1.807) is 56.3 Å². The number of benzene rings is 5. The van der Waals surface area contributed by atoms with Crippen molar-refractivity contribution in [2.24, 2.45) is 17.8 Å². The highest BCUT2D eigenvalue weighted by molar-refractivity contribution is 8.76. The van der Waals surface area contributed by atoms with Gasteiger partial charge in [0.2, 0.25) is 23.0 Å². The molecule has 6 aromatic rings. The van der Waals surface area contributed by atoms with Gasteiger partial charge in [0.1, 0.15) is 53.8 Å². The molecular weight excluding hydrogens is 1540 g/mol.